The van der Waals surface area contributed by atoms with Gasteiger partial charge in [0.1, 0.15) is 0 Å². The Morgan fingerprint density at radius 3 is 2.80 bits per heavy atom. The normalized spacial score (nSPS) is 9.07. The third-order valence-electron chi connectivity index (χ3n) is 1.71. The Kier molecular flexibility index (Phi) is 4.77. The van der Waals surface area contributed by atoms with E-state index in [9.17, 15) is 4.79 Å². The van der Waals surface area contributed by atoms with Crippen molar-refractivity contribution in [2.75, 3.05) is 13.2 Å². The fraction of sp³-hybridized carbons (Fsp3) is 0.300. The molecule has 0 aliphatic rings. The highest BCUT2D eigenvalue weighted by molar-refractivity contribution is 5.89. The molecule has 0 saturated heterocycles. The third kappa shape index (κ3) is 4.15. The highest BCUT2D eigenvalue weighted by Gasteiger charge is 2.04. The molecule has 0 heterocycles. The minimum Gasteiger partial charge on any atom is -0.462 e. The molecule has 15 heavy (non-hydrogen) atoms. The Bertz CT molecular complexity index is 358. The molecule has 0 unspecified atom stereocenters. The Balaban J connectivity index is 2.28. The van der Waals surface area contributed by atoms with Crippen molar-refractivity contribution in [1.29, 1.82) is 0 Å². The van der Waals surface area contributed by atoms with Gasteiger partial charge in [-0.15, -0.1) is 0 Å². The number of azide groups is 1. The fourth-order valence-corrected chi connectivity index (χ4v) is 1.00. The topological polar surface area (TPSA) is 75.1 Å². The molecule has 0 spiro atoms. The van der Waals surface area contributed by atoms with E-state index in [2.05, 4.69) is 10.0 Å². The van der Waals surface area contributed by atoms with Crippen molar-refractivity contribution in [2.24, 2.45) is 5.11 Å². The minimum atomic E-state index is -0.350. The molecule has 1 aromatic rings. The summed E-state index contributed by atoms with van der Waals surface area (Å²) >= 11 is 0. The number of nitrogens with zero attached hydrogens (tertiary/aromatic N) is 3. The lowest BCUT2D eigenvalue weighted by atomic mass is 10.2. The summed E-state index contributed by atoms with van der Waals surface area (Å²) < 4.78 is 4.95. The molecule has 0 amide bonds. The Hall–Kier alpha value is -2.00. The van der Waals surface area contributed by atoms with Crippen molar-refractivity contribution >= 4 is 5.97 Å². The summed E-state index contributed by atoms with van der Waals surface area (Å²) in [5.74, 6) is -0.350. The number of ether oxygens (including phenoxy) is 1. The number of hydrogen-bond acceptors (Lipinski definition) is 3. The van der Waals surface area contributed by atoms with Gasteiger partial charge in [0.15, 0.2) is 0 Å². The molecule has 0 atom stereocenters. The summed E-state index contributed by atoms with van der Waals surface area (Å²) in [6.45, 7) is 0.616. The maximum Gasteiger partial charge on any atom is 0.338 e. The molecule has 0 aliphatic carbocycles. The van der Waals surface area contributed by atoms with Crippen LogP contribution in [-0.2, 0) is 4.74 Å². The number of hydrogen-bond donors (Lipinski definition) is 0. The first-order valence-electron chi connectivity index (χ1n) is 4.57. The lowest BCUT2D eigenvalue weighted by Gasteiger charge is -2.02. The van der Waals surface area contributed by atoms with Crippen LogP contribution in [0.25, 0.3) is 10.4 Å². The second kappa shape index (κ2) is 6.45. The van der Waals surface area contributed by atoms with E-state index in [0.717, 1.165) is 0 Å². The van der Waals surface area contributed by atoms with E-state index < -0.39 is 0 Å². The molecule has 0 aromatic heterocycles. The van der Waals surface area contributed by atoms with E-state index in [0.29, 0.717) is 18.5 Å². The van der Waals surface area contributed by atoms with Crippen LogP contribution in [0.3, 0.4) is 0 Å². The maximum absolute atomic E-state index is 11.4. The quantitative estimate of drug-likeness (QED) is 0.243. The first kappa shape index (κ1) is 11.1. The van der Waals surface area contributed by atoms with Gasteiger partial charge in [0.05, 0.1) is 12.2 Å². The number of rotatable bonds is 5. The Morgan fingerprint density at radius 1 is 1.40 bits per heavy atom. The second-order valence-electron chi connectivity index (χ2n) is 2.81. The highest BCUT2D eigenvalue weighted by Crippen LogP contribution is 2.01. The predicted octanol–water partition coefficient (Wildman–Crippen LogP) is 2.54. The summed E-state index contributed by atoms with van der Waals surface area (Å²) in [5, 5.41) is 3.33. The molecule has 1 aromatic carbocycles. The van der Waals surface area contributed by atoms with Crippen molar-refractivity contribution in [3.8, 4) is 0 Å². The first-order chi connectivity index (χ1) is 7.34. The van der Waals surface area contributed by atoms with E-state index in [4.69, 9.17) is 10.3 Å². The molecule has 5 nitrogen and oxygen atoms in total. The summed E-state index contributed by atoms with van der Waals surface area (Å²) in [5.41, 5.74) is 8.53. The predicted molar refractivity (Wildman–Crippen MR) is 55.4 cm³/mol. The van der Waals surface area contributed by atoms with Gasteiger partial charge in [0, 0.05) is 11.5 Å². The molecule has 0 N–H and O–H groups in total. The van der Waals surface area contributed by atoms with Crippen LogP contribution in [0, 0.1) is 0 Å². The van der Waals surface area contributed by atoms with Gasteiger partial charge in [0.2, 0.25) is 0 Å². The number of benzene rings is 1. The van der Waals surface area contributed by atoms with Gasteiger partial charge < -0.3 is 4.74 Å². The average Bonchev–Trinajstić information content (AvgIpc) is 2.30. The third-order valence-corrected chi connectivity index (χ3v) is 1.71. The fourth-order valence-electron chi connectivity index (χ4n) is 1.00. The molecule has 5 heteroatoms. The SMILES string of the molecule is [N-]=[N+]=NCCCOC(=O)c1ccccc1. The van der Waals surface area contributed by atoms with Crippen molar-refractivity contribution < 1.29 is 9.53 Å². The van der Waals surface area contributed by atoms with E-state index >= 15 is 0 Å². The highest BCUT2D eigenvalue weighted by atomic mass is 16.5. The van der Waals surface area contributed by atoms with E-state index in [-0.39, 0.29) is 12.6 Å². The van der Waals surface area contributed by atoms with Crippen LogP contribution in [0.15, 0.2) is 35.4 Å². The molecule has 0 aliphatic heterocycles. The lowest BCUT2D eigenvalue weighted by Crippen LogP contribution is -2.06. The van der Waals surface area contributed by atoms with Gasteiger partial charge >= 0.3 is 5.97 Å². The zero-order chi connectivity index (χ0) is 10.9. The molecule has 0 saturated carbocycles. The zero-order valence-corrected chi connectivity index (χ0v) is 8.17. The summed E-state index contributed by atoms with van der Waals surface area (Å²) in [6.07, 6.45) is 0.544. The summed E-state index contributed by atoms with van der Waals surface area (Å²) in [6, 6.07) is 8.76. The van der Waals surface area contributed by atoms with Crippen LogP contribution < -0.4 is 0 Å². The van der Waals surface area contributed by atoms with Crippen LogP contribution >= 0.6 is 0 Å². The molecule has 1 rings (SSSR count). The van der Waals surface area contributed by atoms with Gasteiger partial charge in [-0.05, 0) is 24.1 Å². The van der Waals surface area contributed by atoms with Crippen molar-refractivity contribution in [3.63, 3.8) is 0 Å². The molecule has 0 bridgehead atoms. The van der Waals surface area contributed by atoms with Crippen LogP contribution in [0.1, 0.15) is 16.8 Å². The summed E-state index contributed by atoms with van der Waals surface area (Å²) in [4.78, 5) is 13.9. The van der Waals surface area contributed by atoms with Gasteiger partial charge in [-0.25, -0.2) is 4.79 Å². The molecule has 78 valence electrons. The van der Waals surface area contributed by atoms with Crippen LogP contribution in [0.5, 0.6) is 0 Å². The van der Waals surface area contributed by atoms with Crippen molar-refractivity contribution in [3.05, 3.63) is 46.3 Å². The smallest absolute Gasteiger partial charge is 0.338 e. The molecule has 0 fully saturated rings. The standard InChI is InChI=1S/C10H11N3O2/c11-13-12-7-4-8-15-10(14)9-5-2-1-3-6-9/h1-3,5-6H,4,7-8H2. The first-order valence-corrected chi connectivity index (χ1v) is 4.57. The van der Waals surface area contributed by atoms with Gasteiger partial charge in [0.25, 0.3) is 0 Å². The molecular weight excluding hydrogens is 194 g/mol. The van der Waals surface area contributed by atoms with E-state index in [1.54, 1.807) is 24.3 Å². The average molecular weight is 205 g/mol. The van der Waals surface area contributed by atoms with Crippen LogP contribution in [-0.4, -0.2) is 19.1 Å². The van der Waals surface area contributed by atoms with Crippen molar-refractivity contribution in [2.45, 2.75) is 6.42 Å². The van der Waals surface area contributed by atoms with Gasteiger partial charge in [-0.3, -0.25) is 0 Å². The van der Waals surface area contributed by atoms with E-state index in [1.165, 1.54) is 0 Å². The second-order valence-corrected chi connectivity index (χ2v) is 2.81. The van der Waals surface area contributed by atoms with Gasteiger partial charge in [-0.2, -0.15) is 0 Å². The van der Waals surface area contributed by atoms with Crippen LogP contribution in [0.4, 0.5) is 0 Å². The number of carbonyl (C=O) groups excluding carboxylic acids is 1. The van der Waals surface area contributed by atoms with Gasteiger partial charge in [-0.1, -0.05) is 23.3 Å². The van der Waals surface area contributed by atoms with Crippen LogP contribution in [0.2, 0.25) is 0 Å². The van der Waals surface area contributed by atoms with E-state index in [1.807, 2.05) is 6.07 Å². The summed E-state index contributed by atoms with van der Waals surface area (Å²) in [7, 11) is 0. The molecular formula is C10H11N3O2. The number of carbonyl (C=O) groups is 1. The monoisotopic (exact) mass is 205 g/mol. The Labute approximate surface area is 87.3 Å². The maximum atomic E-state index is 11.4. The Morgan fingerprint density at radius 2 is 2.13 bits per heavy atom. The number of esters is 1. The van der Waals surface area contributed by atoms with Crippen molar-refractivity contribution in [1.82, 2.24) is 0 Å². The lowest BCUT2D eigenvalue weighted by molar-refractivity contribution is 0.0503. The minimum absolute atomic E-state index is 0.271. The largest absolute Gasteiger partial charge is 0.462 e. The zero-order valence-electron chi connectivity index (χ0n) is 8.17. The molecule has 0 radical (unpaired) electrons.